The van der Waals surface area contributed by atoms with Gasteiger partial charge in [0.25, 0.3) is 5.56 Å². The number of aromatic amines is 1. The van der Waals surface area contributed by atoms with Crippen LogP contribution in [-0.4, -0.2) is 34.5 Å². The van der Waals surface area contributed by atoms with Crippen LogP contribution in [0.1, 0.15) is 18.5 Å². The summed E-state index contributed by atoms with van der Waals surface area (Å²) in [5.41, 5.74) is 7.87. The summed E-state index contributed by atoms with van der Waals surface area (Å²) in [6.07, 6.45) is 2.23. The highest BCUT2D eigenvalue weighted by molar-refractivity contribution is 5.73. The molecule has 5 heteroatoms. The van der Waals surface area contributed by atoms with Crippen LogP contribution in [0.2, 0.25) is 0 Å². The number of hydrogen-bond donors (Lipinski definition) is 2. The number of piperidine rings is 1. The molecule has 0 aliphatic carbocycles. The Bertz CT molecular complexity index is 644. The highest BCUT2D eigenvalue weighted by Crippen LogP contribution is 2.17. The monoisotopic (exact) mass is 272 g/mol. The van der Waals surface area contributed by atoms with Gasteiger partial charge in [-0.15, -0.1) is 0 Å². The SMILES string of the molecule is NCC1CCN(Cc2nc3ccccc3[nH]c2=O)CC1. The van der Waals surface area contributed by atoms with Crippen molar-refractivity contribution in [1.29, 1.82) is 0 Å². The lowest BCUT2D eigenvalue weighted by atomic mass is 9.97. The summed E-state index contributed by atoms with van der Waals surface area (Å²) in [7, 11) is 0. The van der Waals surface area contributed by atoms with E-state index in [-0.39, 0.29) is 5.56 Å². The molecule has 1 fully saturated rings. The Balaban J connectivity index is 1.77. The van der Waals surface area contributed by atoms with Gasteiger partial charge in [0.2, 0.25) is 0 Å². The van der Waals surface area contributed by atoms with E-state index in [0.717, 1.165) is 43.5 Å². The number of benzene rings is 1. The second-order valence-corrected chi connectivity index (χ2v) is 5.48. The van der Waals surface area contributed by atoms with E-state index in [1.54, 1.807) is 0 Å². The summed E-state index contributed by atoms with van der Waals surface area (Å²) in [5.74, 6) is 0.633. The molecule has 1 aromatic carbocycles. The van der Waals surface area contributed by atoms with Crippen LogP contribution in [0.3, 0.4) is 0 Å². The van der Waals surface area contributed by atoms with Gasteiger partial charge < -0.3 is 10.7 Å². The average Bonchev–Trinajstić information content (AvgIpc) is 2.49. The molecule has 1 saturated heterocycles. The van der Waals surface area contributed by atoms with Crippen molar-refractivity contribution in [2.75, 3.05) is 19.6 Å². The van der Waals surface area contributed by atoms with E-state index in [9.17, 15) is 4.79 Å². The van der Waals surface area contributed by atoms with Crippen LogP contribution in [0, 0.1) is 5.92 Å². The first-order valence-corrected chi connectivity index (χ1v) is 7.16. The third kappa shape index (κ3) is 2.73. The Morgan fingerprint density at radius 1 is 1.30 bits per heavy atom. The maximum absolute atomic E-state index is 12.1. The molecule has 0 bridgehead atoms. The first-order chi connectivity index (χ1) is 9.76. The number of nitrogens with one attached hydrogen (secondary N) is 1. The van der Waals surface area contributed by atoms with Crippen LogP contribution in [-0.2, 0) is 6.54 Å². The molecule has 1 aliphatic heterocycles. The molecule has 1 aromatic heterocycles. The van der Waals surface area contributed by atoms with Crippen LogP contribution >= 0.6 is 0 Å². The predicted octanol–water partition coefficient (Wildman–Crippen LogP) is 1.09. The second-order valence-electron chi connectivity index (χ2n) is 5.48. The van der Waals surface area contributed by atoms with Gasteiger partial charge in [0.05, 0.1) is 11.0 Å². The lowest BCUT2D eigenvalue weighted by Gasteiger charge is -2.30. The molecule has 106 valence electrons. The van der Waals surface area contributed by atoms with Crippen molar-refractivity contribution in [2.24, 2.45) is 11.7 Å². The van der Waals surface area contributed by atoms with Crippen molar-refractivity contribution >= 4 is 11.0 Å². The van der Waals surface area contributed by atoms with Gasteiger partial charge in [-0.1, -0.05) is 12.1 Å². The molecule has 1 aliphatic rings. The van der Waals surface area contributed by atoms with E-state index >= 15 is 0 Å². The number of fused-ring (bicyclic) bond motifs is 1. The summed E-state index contributed by atoms with van der Waals surface area (Å²) in [4.78, 5) is 21.8. The Kier molecular flexibility index (Phi) is 3.80. The molecule has 3 rings (SSSR count). The summed E-state index contributed by atoms with van der Waals surface area (Å²) in [5, 5.41) is 0. The summed E-state index contributed by atoms with van der Waals surface area (Å²) < 4.78 is 0. The van der Waals surface area contributed by atoms with E-state index in [1.165, 1.54) is 0 Å². The van der Waals surface area contributed by atoms with Crippen LogP contribution in [0.4, 0.5) is 0 Å². The fourth-order valence-corrected chi connectivity index (χ4v) is 2.77. The molecular weight excluding hydrogens is 252 g/mol. The summed E-state index contributed by atoms with van der Waals surface area (Å²) in [6.45, 7) is 3.38. The Labute approximate surface area is 117 Å². The van der Waals surface area contributed by atoms with Gasteiger partial charge in [0.1, 0.15) is 5.69 Å². The van der Waals surface area contributed by atoms with E-state index < -0.39 is 0 Å². The van der Waals surface area contributed by atoms with E-state index in [1.807, 2.05) is 24.3 Å². The number of H-pyrrole nitrogens is 1. The molecule has 0 spiro atoms. The Morgan fingerprint density at radius 3 is 2.80 bits per heavy atom. The normalized spacial score (nSPS) is 17.6. The molecule has 0 unspecified atom stereocenters. The van der Waals surface area contributed by atoms with Crippen molar-refractivity contribution in [3.8, 4) is 0 Å². The molecule has 20 heavy (non-hydrogen) atoms. The van der Waals surface area contributed by atoms with Crippen LogP contribution < -0.4 is 11.3 Å². The van der Waals surface area contributed by atoms with Gasteiger partial charge >= 0.3 is 0 Å². The molecule has 5 nitrogen and oxygen atoms in total. The van der Waals surface area contributed by atoms with Gasteiger partial charge in [-0.2, -0.15) is 0 Å². The summed E-state index contributed by atoms with van der Waals surface area (Å²) >= 11 is 0. The van der Waals surface area contributed by atoms with Gasteiger partial charge in [0.15, 0.2) is 0 Å². The molecule has 0 amide bonds. The molecule has 0 saturated carbocycles. The van der Waals surface area contributed by atoms with Crippen LogP contribution in [0.5, 0.6) is 0 Å². The number of aromatic nitrogens is 2. The van der Waals surface area contributed by atoms with Crippen molar-refractivity contribution in [3.05, 3.63) is 40.3 Å². The quantitative estimate of drug-likeness (QED) is 0.877. The number of para-hydroxylation sites is 2. The van der Waals surface area contributed by atoms with Gasteiger partial charge in [-0.3, -0.25) is 9.69 Å². The highest BCUT2D eigenvalue weighted by Gasteiger charge is 2.19. The zero-order valence-corrected chi connectivity index (χ0v) is 11.5. The van der Waals surface area contributed by atoms with E-state index in [4.69, 9.17) is 5.73 Å². The lowest BCUT2D eigenvalue weighted by Crippen LogP contribution is -2.37. The van der Waals surface area contributed by atoms with Crippen molar-refractivity contribution < 1.29 is 0 Å². The van der Waals surface area contributed by atoms with Gasteiger partial charge in [-0.05, 0) is 50.5 Å². The predicted molar refractivity (Wildman–Crippen MR) is 79.4 cm³/mol. The molecule has 0 atom stereocenters. The maximum Gasteiger partial charge on any atom is 0.271 e. The Hall–Kier alpha value is -1.72. The van der Waals surface area contributed by atoms with Crippen molar-refractivity contribution in [1.82, 2.24) is 14.9 Å². The average molecular weight is 272 g/mol. The number of nitrogens with two attached hydrogens (primary N) is 1. The topological polar surface area (TPSA) is 75.0 Å². The van der Waals surface area contributed by atoms with Gasteiger partial charge in [-0.25, -0.2) is 4.98 Å². The zero-order chi connectivity index (χ0) is 13.9. The molecule has 0 radical (unpaired) electrons. The number of likely N-dealkylation sites (tertiary alicyclic amines) is 1. The molecule has 3 N–H and O–H groups in total. The third-order valence-corrected chi connectivity index (χ3v) is 4.08. The lowest BCUT2D eigenvalue weighted by molar-refractivity contribution is 0.178. The van der Waals surface area contributed by atoms with E-state index in [0.29, 0.717) is 18.2 Å². The number of hydrogen-bond acceptors (Lipinski definition) is 4. The van der Waals surface area contributed by atoms with E-state index in [2.05, 4.69) is 14.9 Å². The largest absolute Gasteiger partial charge is 0.330 e. The first-order valence-electron chi connectivity index (χ1n) is 7.16. The minimum atomic E-state index is -0.0790. The molecule has 2 aromatic rings. The smallest absolute Gasteiger partial charge is 0.271 e. The number of rotatable bonds is 3. The maximum atomic E-state index is 12.1. The van der Waals surface area contributed by atoms with Crippen molar-refractivity contribution in [3.63, 3.8) is 0 Å². The molecule has 2 heterocycles. The second kappa shape index (κ2) is 5.73. The van der Waals surface area contributed by atoms with Crippen LogP contribution in [0.25, 0.3) is 11.0 Å². The van der Waals surface area contributed by atoms with Crippen molar-refractivity contribution in [2.45, 2.75) is 19.4 Å². The Morgan fingerprint density at radius 2 is 2.05 bits per heavy atom. The molecular formula is C15H20N4O. The number of nitrogens with zero attached hydrogens (tertiary/aromatic N) is 2. The standard InChI is InChI=1S/C15H20N4O/c16-9-11-5-7-19(8-6-11)10-14-15(20)18-13-4-2-1-3-12(13)17-14/h1-4,11H,5-10,16H2,(H,18,20). The van der Waals surface area contributed by atoms with Gasteiger partial charge in [0, 0.05) is 6.54 Å². The highest BCUT2D eigenvalue weighted by atomic mass is 16.1. The fourth-order valence-electron chi connectivity index (χ4n) is 2.77. The summed E-state index contributed by atoms with van der Waals surface area (Å²) in [6, 6.07) is 7.64. The first kappa shape index (κ1) is 13.3. The minimum absolute atomic E-state index is 0.0790. The zero-order valence-electron chi connectivity index (χ0n) is 11.5. The minimum Gasteiger partial charge on any atom is -0.330 e. The van der Waals surface area contributed by atoms with Crippen LogP contribution in [0.15, 0.2) is 29.1 Å². The third-order valence-electron chi connectivity index (χ3n) is 4.08. The fraction of sp³-hybridized carbons (Fsp3) is 0.467.